The Bertz CT molecular complexity index is 1150. The molecule has 0 N–H and O–H groups in total. The highest BCUT2D eigenvalue weighted by Crippen LogP contribution is 2.27. The first-order chi connectivity index (χ1) is 14.6. The quantitative estimate of drug-likeness (QED) is 0.643. The summed E-state index contributed by atoms with van der Waals surface area (Å²) in [6, 6.07) is 15.0. The number of fused-ring (bicyclic) bond motifs is 1. The molecule has 2 fully saturated rings. The average Bonchev–Trinajstić information content (AvgIpc) is 3.34. The van der Waals surface area contributed by atoms with Gasteiger partial charge in [-0.05, 0) is 30.4 Å². The third kappa shape index (κ3) is 3.50. The largest absolute Gasteiger partial charge is 0.354 e. The molecule has 0 atom stereocenters. The molecule has 3 heterocycles. The fourth-order valence-corrected chi connectivity index (χ4v) is 5.94. The van der Waals surface area contributed by atoms with Gasteiger partial charge in [0.1, 0.15) is 5.82 Å². The van der Waals surface area contributed by atoms with Crippen LogP contribution in [0.4, 0.5) is 11.8 Å². The van der Waals surface area contributed by atoms with Gasteiger partial charge in [-0.3, -0.25) is 0 Å². The van der Waals surface area contributed by atoms with Gasteiger partial charge in [0.15, 0.2) is 0 Å². The first kappa shape index (κ1) is 19.3. The Morgan fingerprint density at radius 3 is 2.30 bits per heavy atom. The molecular formula is C22H25N5O2S. The van der Waals surface area contributed by atoms with Crippen molar-refractivity contribution >= 4 is 32.6 Å². The predicted molar refractivity (Wildman–Crippen MR) is 118 cm³/mol. The van der Waals surface area contributed by atoms with Crippen LogP contribution in [0.15, 0.2) is 59.6 Å². The number of anilines is 2. The molecule has 2 saturated heterocycles. The minimum Gasteiger partial charge on any atom is -0.354 e. The summed E-state index contributed by atoms with van der Waals surface area (Å²) in [6.07, 6.45) is 4.16. The number of aromatic nitrogens is 2. The SMILES string of the molecule is O=S(=O)(c1cccc2ccccc12)N1CCN(c2ccnc(N3CCCC3)n2)CC1. The fraction of sp³-hybridized carbons (Fsp3) is 0.364. The Balaban J connectivity index is 1.34. The van der Waals surface area contributed by atoms with Gasteiger partial charge in [0, 0.05) is 50.9 Å². The molecule has 0 bridgehead atoms. The van der Waals surface area contributed by atoms with E-state index in [0.717, 1.165) is 35.6 Å². The smallest absolute Gasteiger partial charge is 0.243 e. The van der Waals surface area contributed by atoms with E-state index in [2.05, 4.69) is 14.8 Å². The van der Waals surface area contributed by atoms with Crippen molar-refractivity contribution in [3.05, 3.63) is 54.7 Å². The number of rotatable bonds is 4. The molecule has 2 aliphatic heterocycles. The van der Waals surface area contributed by atoms with Gasteiger partial charge in [-0.25, -0.2) is 13.4 Å². The highest BCUT2D eigenvalue weighted by Gasteiger charge is 2.30. The van der Waals surface area contributed by atoms with E-state index < -0.39 is 10.0 Å². The van der Waals surface area contributed by atoms with Crippen LogP contribution in [0.2, 0.25) is 0 Å². The van der Waals surface area contributed by atoms with Crippen molar-refractivity contribution in [1.29, 1.82) is 0 Å². The zero-order chi connectivity index (χ0) is 20.6. The molecule has 0 aliphatic carbocycles. The van der Waals surface area contributed by atoms with E-state index in [-0.39, 0.29) is 0 Å². The lowest BCUT2D eigenvalue weighted by molar-refractivity contribution is 0.384. The van der Waals surface area contributed by atoms with Crippen molar-refractivity contribution in [1.82, 2.24) is 14.3 Å². The highest BCUT2D eigenvalue weighted by molar-refractivity contribution is 7.89. The van der Waals surface area contributed by atoms with E-state index in [0.29, 0.717) is 31.1 Å². The maximum atomic E-state index is 13.3. The lowest BCUT2D eigenvalue weighted by atomic mass is 10.1. The normalized spacial score (nSPS) is 18.3. The molecule has 8 heteroatoms. The summed E-state index contributed by atoms with van der Waals surface area (Å²) < 4.78 is 28.3. The Labute approximate surface area is 177 Å². The van der Waals surface area contributed by atoms with E-state index in [1.807, 2.05) is 42.5 Å². The number of hydrogen-bond acceptors (Lipinski definition) is 6. The van der Waals surface area contributed by atoms with Gasteiger partial charge in [-0.2, -0.15) is 9.29 Å². The maximum absolute atomic E-state index is 13.3. The molecule has 2 aliphatic rings. The van der Waals surface area contributed by atoms with E-state index in [1.165, 1.54) is 12.8 Å². The van der Waals surface area contributed by atoms with Crippen molar-refractivity contribution in [3.8, 4) is 0 Å². The van der Waals surface area contributed by atoms with E-state index in [4.69, 9.17) is 4.98 Å². The monoisotopic (exact) mass is 423 g/mol. The number of benzene rings is 2. The molecule has 3 aromatic rings. The van der Waals surface area contributed by atoms with Crippen LogP contribution in [0, 0.1) is 0 Å². The third-order valence-corrected chi connectivity index (χ3v) is 7.90. The van der Waals surface area contributed by atoms with Crippen molar-refractivity contribution in [2.45, 2.75) is 17.7 Å². The van der Waals surface area contributed by atoms with Crippen molar-refractivity contribution in [3.63, 3.8) is 0 Å². The second-order valence-corrected chi connectivity index (χ2v) is 9.68. The molecule has 156 valence electrons. The lowest BCUT2D eigenvalue weighted by Gasteiger charge is -2.35. The number of piperazine rings is 1. The summed E-state index contributed by atoms with van der Waals surface area (Å²) in [4.78, 5) is 13.9. The Kier molecular flexibility index (Phi) is 5.04. The van der Waals surface area contributed by atoms with Gasteiger partial charge in [0.25, 0.3) is 0 Å². The molecule has 1 aromatic heterocycles. The summed E-state index contributed by atoms with van der Waals surface area (Å²) in [5.74, 6) is 1.64. The lowest BCUT2D eigenvalue weighted by Crippen LogP contribution is -2.49. The molecule has 0 saturated carbocycles. The Hall–Kier alpha value is -2.71. The Morgan fingerprint density at radius 2 is 1.50 bits per heavy atom. The van der Waals surface area contributed by atoms with Crippen LogP contribution < -0.4 is 9.80 Å². The standard InChI is InChI=1S/C22H25N5O2S/c28-30(29,20-9-5-7-18-6-1-2-8-19(18)20)27-16-14-25(15-17-27)21-10-11-23-22(24-21)26-12-3-4-13-26/h1-2,5-11H,3-4,12-17H2. The van der Waals surface area contributed by atoms with E-state index >= 15 is 0 Å². The van der Waals surface area contributed by atoms with Crippen molar-refractivity contribution in [2.24, 2.45) is 0 Å². The van der Waals surface area contributed by atoms with Crippen molar-refractivity contribution < 1.29 is 8.42 Å². The second kappa shape index (κ2) is 7.85. The molecular weight excluding hydrogens is 398 g/mol. The van der Waals surface area contributed by atoms with Crippen LogP contribution in [-0.2, 0) is 10.0 Å². The topological polar surface area (TPSA) is 69.6 Å². The number of sulfonamides is 1. The summed E-state index contributed by atoms with van der Waals surface area (Å²) in [6.45, 7) is 4.10. The van der Waals surface area contributed by atoms with Crippen LogP contribution in [0.3, 0.4) is 0 Å². The van der Waals surface area contributed by atoms with Gasteiger partial charge in [0.05, 0.1) is 4.90 Å². The first-order valence-corrected chi connectivity index (χ1v) is 11.9. The average molecular weight is 424 g/mol. The zero-order valence-corrected chi connectivity index (χ0v) is 17.6. The zero-order valence-electron chi connectivity index (χ0n) is 16.8. The van der Waals surface area contributed by atoms with Crippen LogP contribution in [0.1, 0.15) is 12.8 Å². The summed E-state index contributed by atoms with van der Waals surface area (Å²) in [5.41, 5.74) is 0. The molecule has 30 heavy (non-hydrogen) atoms. The molecule has 2 aromatic carbocycles. The van der Waals surface area contributed by atoms with Gasteiger partial charge >= 0.3 is 0 Å². The third-order valence-electron chi connectivity index (χ3n) is 5.95. The number of hydrogen-bond donors (Lipinski definition) is 0. The van der Waals surface area contributed by atoms with Gasteiger partial charge in [-0.1, -0.05) is 36.4 Å². The summed E-state index contributed by atoms with van der Waals surface area (Å²) >= 11 is 0. The molecule has 0 radical (unpaired) electrons. The predicted octanol–water partition coefficient (Wildman–Crippen LogP) is 2.74. The van der Waals surface area contributed by atoms with Crippen LogP contribution in [-0.4, -0.2) is 62.0 Å². The summed E-state index contributed by atoms with van der Waals surface area (Å²) in [7, 11) is -3.55. The molecule has 5 rings (SSSR count). The minimum absolute atomic E-state index is 0.382. The minimum atomic E-state index is -3.55. The first-order valence-electron chi connectivity index (χ1n) is 10.4. The van der Waals surface area contributed by atoms with Gasteiger partial charge in [-0.15, -0.1) is 0 Å². The van der Waals surface area contributed by atoms with Crippen LogP contribution in [0.25, 0.3) is 10.8 Å². The van der Waals surface area contributed by atoms with E-state index in [9.17, 15) is 8.42 Å². The van der Waals surface area contributed by atoms with Crippen LogP contribution in [0.5, 0.6) is 0 Å². The molecule has 0 unspecified atom stereocenters. The molecule has 0 amide bonds. The molecule has 7 nitrogen and oxygen atoms in total. The molecule has 0 spiro atoms. The summed E-state index contributed by atoms with van der Waals surface area (Å²) in [5, 5.41) is 1.71. The second-order valence-electron chi connectivity index (χ2n) is 7.78. The fourth-order valence-electron chi connectivity index (χ4n) is 4.30. The highest BCUT2D eigenvalue weighted by atomic mass is 32.2. The maximum Gasteiger partial charge on any atom is 0.243 e. The number of nitrogens with zero attached hydrogens (tertiary/aromatic N) is 5. The van der Waals surface area contributed by atoms with Crippen LogP contribution >= 0.6 is 0 Å². The Morgan fingerprint density at radius 1 is 0.767 bits per heavy atom. The van der Waals surface area contributed by atoms with Gasteiger partial charge in [0.2, 0.25) is 16.0 Å². The van der Waals surface area contributed by atoms with Crippen molar-refractivity contribution in [2.75, 3.05) is 49.1 Å². The van der Waals surface area contributed by atoms with Gasteiger partial charge < -0.3 is 9.80 Å². The van der Waals surface area contributed by atoms with E-state index in [1.54, 1.807) is 16.6 Å².